The van der Waals surface area contributed by atoms with Crippen molar-refractivity contribution in [1.29, 1.82) is 0 Å². The van der Waals surface area contributed by atoms with Gasteiger partial charge in [0.25, 0.3) is 0 Å². The molecule has 29 heavy (non-hydrogen) atoms. The number of nitrogens with zero attached hydrogens (tertiary/aromatic N) is 2. The zero-order chi connectivity index (χ0) is 20.6. The van der Waals surface area contributed by atoms with Gasteiger partial charge in [-0.2, -0.15) is 13.2 Å². The monoisotopic (exact) mass is 406 g/mol. The van der Waals surface area contributed by atoms with Crippen molar-refractivity contribution in [3.63, 3.8) is 0 Å². The number of alkyl halides is 3. The average Bonchev–Trinajstić information content (AvgIpc) is 2.69. The Morgan fingerprint density at radius 1 is 1.17 bits per heavy atom. The SMILES string of the molecule is CC1CCCc2c(N[C@@H]3CCCNC3)nnc(-c3ccc(C(F)(F)F)cc3O)c21. The van der Waals surface area contributed by atoms with Crippen LogP contribution in [-0.4, -0.2) is 34.4 Å². The standard InChI is InChI=1S/C21H25F3N4O/c1-12-4-2-6-16-18(12)19(15-8-7-13(10-17(15)29)21(22,23)24)27-28-20(16)26-14-5-3-9-25-11-14/h7-8,10,12,14,25,29H,2-6,9,11H2,1H3,(H,26,28)/t12?,14-/m1/s1. The number of aromatic hydroxyl groups is 1. The maximum Gasteiger partial charge on any atom is 0.416 e. The molecule has 1 saturated heterocycles. The molecular weight excluding hydrogens is 381 g/mol. The summed E-state index contributed by atoms with van der Waals surface area (Å²) in [6.45, 7) is 3.98. The largest absolute Gasteiger partial charge is 0.507 e. The highest BCUT2D eigenvalue weighted by molar-refractivity contribution is 5.73. The molecule has 2 atom stereocenters. The number of hydrogen-bond donors (Lipinski definition) is 3. The van der Waals surface area contributed by atoms with Gasteiger partial charge in [-0.1, -0.05) is 6.92 Å². The molecule has 3 N–H and O–H groups in total. The maximum atomic E-state index is 13.0. The molecule has 0 saturated carbocycles. The van der Waals surface area contributed by atoms with Crippen molar-refractivity contribution in [3.05, 3.63) is 34.9 Å². The summed E-state index contributed by atoms with van der Waals surface area (Å²) in [5, 5.41) is 26.0. The topological polar surface area (TPSA) is 70.1 Å². The predicted octanol–water partition coefficient (Wildman–Crippen LogP) is 4.47. The summed E-state index contributed by atoms with van der Waals surface area (Å²) in [7, 11) is 0. The minimum atomic E-state index is -4.50. The summed E-state index contributed by atoms with van der Waals surface area (Å²) in [6, 6.07) is 3.32. The van der Waals surface area contributed by atoms with Crippen LogP contribution in [0.2, 0.25) is 0 Å². The van der Waals surface area contributed by atoms with Gasteiger partial charge in [-0.05, 0) is 68.3 Å². The van der Waals surface area contributed by atoms with E-state index in [9.17, 15) is 18.3 Å². The fraction of sp³-hybridized carbons (Fsp3) is 0.524. The predicted molar refractivity (Wildman–Crippen MR) is 105 cm³/mol. The Morgan fingerprint density at radius 3 is 2.69 bits per heavy atom. The lowest BCUT2D eigenvalue weighted by molar-refractivity contribution is -0.137. The van der Waals surface area contributed by atoms with E-state index in [4.69, 9.17) is 0 Å². The number of benzene rings is 1. The van der Waals surface area contributed by atoms with Crippen LogP contribution < -0.4 is 10.6 Å². The van der Waals surface area contributed by atoms with E-state index in [0.717, 1.165) is 74.3 Å². The number of phenols is 1. The van der Waals surface area contributed by atoms with Crippen molar-refractivity contribution in [2.75, 3.05) is 18.4 Å². The van der Waals surface area contributed by atoms with Gasteiger partial charge < -0.3 is 15.7 Å². The van der Waals surface area contributed by atoms with Crippen LogP contribution in [0.4, 0.5) is 19.0 Å². The van der Waals surface area contributed by atoms with Crippen molar-refractivity contribution in [3.8, 4) is 17.0 Å². The van der Waals surface area contributed by atoms with E-state index in [0.29, 0.717) is 11.3 Å². The molecule has 0 bridgehead atoms. The Labute approximate surface area is 167 Å². The first kappa shape index (κ1) is 19.9. The molecule has 1 aliphatic carbocycles. The van der Waals surface area contributed by atoms with Gasteiger partial charge in [0.2, 0.25) is 0 Å². The number of piperidine rings is 1. The first-order chi connectivity index (χ1) is 13.8. The summed E-state index contributed by atoms with van der Waals surface area (Å²) >= 11 is 0. The van der Waals surface area contributed by atoms with Crippen molar-refractivity contribution in [1.82, 2.24) is 15.5 Å². The number of phenolic OH excluding ortho intramolecular Hbond substituents is 1. The van der Waals surface area contributed by atoms with Crippen LogP contribution in [-0.2, 0) is 12.6 Å². The smallest absolute Gasteiger partial charge is 0.416 e. The molecule has 2 aromatic rings. The van der Waals surface area contributed by atoms with E-state index >= 15 is 0 Å². The Kier molecular flexibility index (Phi) is 5.38. The lowest BCUT2D eigenvalue weighted by Gasteiger charge is -2.29. The van der Waals surface area contributed by atoms with Crippen molar-refractivity contribution in [2.24, 2.45) is 0 Å². The number of halogens is 3. The van der Waals surface area contributed by atoms with E-state index in [2.05, 4.69) is 27.8 Å². The molecule has 1 unspecified atom stereocenters. The van der Waals surface area contributed by atoms with Gasteiger partial charge in [0, 0.05) is 23.7 Å². The zero-order valence-electron chi connectivity index (χ0n) is 16.3. The molecule has 8 heteroatoms. The Bertz CT molecular complexity index is 894. The first-order valence-corrected chi connectivity index (χ1v) is 10.1. The van der Waals surface area contributed by atoms with E-state index in [-0.39, 0.29) is 12.0 Å². The fourth-order valence-electron chi connectivity index (χ4n) is 4.39. The maximum absolute atomic E-state index is 13.0. The minimum absolute atomic E-state index is 0.191. The Hall–Kier alpha value is -2.35. The second-order valence-electron chi connectivity index (χ2n) is 8.00. The number of hydrogen-bond acceptors (Lipinski definition) is 5. The average molecular weight is 406 g/mol. The Morgan fingerprint density at radius 2 is 2.00 bits per heavy atom. The zero-order valence-corrected chi connectivity index (χ0v) is 16.3. The van der Waals surface area contributed by atoms with Crippen molar-refractivity contribution in [2.45, 2.75) is 57.2 Å². The van der Waals surface area contributed by atoms with Crippen LogP contribution in [0.1, 0.15) is 55.2 Å². The number of aromatic nitrogens is 2. The molecule has 0 amide bonds. The highest BCUT2D eigenvalue weighted by atomic mass is 19.4. The van der Waals surface area contributed by atoms with Gasteiger partial charge in [0.1, 0.15) is 11.4 Å². The lowest BCUT2D eigenvalue weighted by Crippen LogP contribution is -2.39. The fourth-order valence-corrected chi connectivity index (χ4v) is 4.39. The van der Waals surface area contributed by atoms with Gasteiger partial charge in [0.15, 0.2) is 5.82 Å². The third kappa shape index (κ3) is 4.03. The second-order valence-corrected chi connectivity index (χ2v) is 8.00. The number of fused-ring (bicyclic) bond motifs is 1. The molecule has 4 rings (SSSR count). The summed E-state index contributed by atoms with van der Waals surface area (Å²) in [5.41, 5.74) is 1.94. The molecule has 1 aromatic carbocycles. The van der Waals surface area contributed by atoms with E-state index in [1.807, 2.05) is 0 Å². The van der Waals surface area contributed by atoms with E-state index in [1.54, 1.807) is 0 Å². The summed E-state index contributed by atoms with van der Waals surface area (Å²) in [6.07, 6.45) is 0.483. The van der Waals surface area contributed by atoms with E-state index in [1.165, 1.54) is 6.07 Å². The van der Waals surface area contributed by atoms with Crippen molar-refractivity contribution >= 4 is 5.82 Å². The van der Waals surface area contributed by atoms with Crippen LogP contribution in [0.15, 0.2) is 18.2 Å². The van der Waals surface area contributed by atoms with Crippen LogP contribution in [0, 0.1) is 0 Å². The molecule has 5 nitrogen and oxygen atoms in total. The molecule has 2 aliphatic rings. The van der Waals surface area contributed by atoms with Gasteiger partial charge >= 0.3 is 6.18 Å². The summed E-state index contributed by atoms with van der Waals surface area (Å²) in [5.74, 6) is 0.526. The highest BCUT2D eigenvalue weighted by Gasteiger charge is 2.32. The van der Waals surface area contributed by atoms with Crippen molar-refractivity contribution < 1.29 is 18.3 Å². The summed E-state index contributed by atoms with van der Waals surface area (Å²) in [4.78, 5) is 0. The van der Waals surface area contributed by atoms with Crippen LogP contribution in [0.25, 0.3) is 11.3 Å². The van der Waals surface area contributed by atoms with Gasteiger partial charge in [-0.15, -0.1) is 10.2 Å². The van der Waals surface area contributed by atoms with Crippen LogP contribution >= 0.6 is 0 Å². The van der Waals surface area contributed by atoms with Gasteiger partial charge in [-0.25, -0.2) is 0 Å². The minimum Gasteiger partial charge on any atom is -0.507 e. The number of anilines is 1. The van der Waals surface area contributed by atoms with Crippen LogP contribution in [0.3, 0.4) is 0 Å². The quantitative estimate of drug-likeness (QED) is 0.702. The molecule has 156 valence electrons. The third-order valence-electron chi connectivity index (χ3n) is 5.89. The third-order valence-corrected chi connectivity index (χ3v) is 5.89. The molecule has 1 aliphatic heterocycles. The summed E-state index contributed by atoms with van der Waals surface area (Å²) < 4.78 is 38.9. The molecule has 0 spiro atoms. The molecule has 1 fully saturated rings. The Balaban J connectivity index is 1.75. The van der Waals surface area contributed by atoms with Gasteiger partial charge in [-0.3, -0.25) is 0 Å². The number of rotatable bonds is 3. The molecular formula is C21H25F3N4O. The first-order valence-electron chi connectivity index (χ1n) is 10.1. The lowest BCUT2D eigenvalue weighted by atomic mass is 9.81. The van der Waals surface area contributed by atoms with Gasteiger partial charge in [0.05, 0.1) is 5.56 Å². The molecule has 0 radical (unpaired) electrons. The molecule has 2 heterocycles. The second kappa shape index (κ2) is 7.82. The molecule has 1 aromatic heterocycles. The highest BCUT2D eigenvalue weighted by Crippen LogP contribution is 2.43. The number of nitrogens with one attached hydrogen (secondary N) is 2. The van der Waals surface area contributed by atoms with E-state index < -0.39 is 17.5 Å². The normalized spacial score (nSPS) is 22.2. The van der Waals surface area contributed by atoms with Crippen LogP contribution in [0.5, 0.6) is 5.75 Å².